The highest BCUT2D eigenvalue weighted by Gasteiger charge is 2.61. The lowest BCUT2D eigenvalue weighted by molar-refractivity contribution is -0.122. The van der Waals surface area contributed by atoms with Crippen molar-refractivity contribution in [1.29, 1.82) is 0 Å². The Morgan fingerprint density at radius 2 is 1.18 bits per heavy atom. The molecule has 4 aliphatic rings. The number of ketones is 1. The monoisotopic (exact) mass is 449 g/mol. The van der Waals surface area contributed by atoms with Gasteiger partial charge in [-0.2, -0.15) is 0 Å². The van der Waals surface area contributed by atoms with Crippen LogP contribution in [0.1, 0.15) is 71.1 Å². The number of carbonyl (C=O) groups excluding carboxylic acids is 3. The van der Waals surface area contributed by atoms with Crippen molar-refractivity contribution >= 4 is 23.3 Å². The van der Waals surface area contributed by atoms with Crippen LogP contribution in [0.5, 0.6) is 0 Å². The standard InChI is InChI=1S/C30H27NO3/c1-17(2)11-16-24(32)18-12-14-19(15-13-18)31-29(33)27-25-20-7-3-4-8-21(20)26(28(27)30(31)34)23-10-6-5-9-22(23)25/h3-10,12-15,17,25-28H,11,16H2,1-2H3. The number of rotatable bonds is 5. The van der Waals surface area contributed by atoms with Crippen molar-refractivity contribution in [2.75, 3.05) is 4.90 Å². The van der Waals surface area contributed by atoms with Gasteiger partial charge in [-0.1, -0.05) is 62.4 Å². The van der Waals surface area contributed by atoms with Gasteiger partial charge in [0.25, 0.3) is 0 Å². The van der Waals surface area contributed by atoms with E-state index in [1.165, 1.54) is 27.2 Å². The molecule has 4 heteroatoms. The second kappa shape index (κ2) is 7.76. The van der Waals surface area contributed by atoms with E-state index >= 15 is 0 Å². The third-order valence-electron chi connectivity index (χ3n) is 7.84. The molecule has 3 aromatic rings. The summed E-state index contributed by atoms with van der Waals surface area (Å²) in [6, 6.07) is 23.5. The normalized spacial score (nSPS) is 24.3. The Labute approximate surface area is 199 Å². The molecule has 0 saturated carbocycles. The van der Waals surface area contributed by atoms with Gasteiger partial charge >= 0.3 is 0 Å². The van der Waals surface area contributed by atoms with E-state index in [0.717, 1.165) is 6.42 Å². The van der Waals surface area contributed by atoms with Gasteiger partial charge < -0.3 is 0 Å². The van der Waals surface area contributed by atoms with Crippen LogP contribution in [0.4, 0.5) is 5.69 Å². The quantitative estimate of drug-likeness (QED) is 0.371. The highest BCUT2D eigenvalue weighted by atomic mass is 16.2. The molecule has 2 atom stereocenters. The highest BCUT2D eigenvalue weighted by molar-refractivity contribution is 6.23. The van der Waals surface area contributed by atoms with Crippen molar-refractivity contribution in [2.45, 2.75) is 38.5 Å². The first kappa shape index (κ1) is 21.0. The lowest BCUT2D eigenvalue weighted by Crippen LogP contribution is -2.41. The summed E-state index contributed by atoms with van der Waals surface area (Å²) in [5, 5.41) is 0. The van der Waals surface area contributed by atoms with Crippen LogP contribution in [0.2, 0.25) is 0 Å². The number of benzene rings is 3. The number of Topliss-reactive ketones (excluding diaryl/α,β-unsaturated/α-hetero) is 1. The molecule has 3 aliphatic carbocycles. The summed E-state index contributed by atoms with van der Waals surface area (Å²) < 4.78 is 0. The first-order valence-corrected chi connectivity index (χ1v) is 12.2. The SMILES string of the molecule is CC(C)CCC(=O)c1ccc(N2C(=O)C3C4c5ccccc5C(c5ccccc54)C3C2=O)cc1. The number of amides is 2. The molecule has 2 unspecified atom stereocenters. The van der Waals surface area contributed by atoms with Gasteiger partial charge in [0.1, 0.15) is 0 Å². The lowest BCUT2D eigenvalue weighted by Gasteiger charge is -2.45. The summed E-state index contributed by atoms with van der Waals surface area (Å²) in [5.41, 5.74) is 5.85. The molecule has 1 saturated heterocycles. The Morgan fingerprint density at radius 3 is 1.59 bits per heavy atom. The molecule has 3 aromatic carbocycles. The van der Waals surface area contributed by atoms with Crippen LogP contribution in [0, 0.1) is 17.8 Å². The maximum atomic E-state index is 13.8. The van der Waals surface area contributed by atoms with E-state index in [9.17, 15) is 14.4 Å². The summed E-state index contributed by atoms with van der Waals surface area (Å²) in [4.78, 5) is 41.5. The van der Waals surface area contributed by atoms with Crippen molar-refractivity contribution in [3.63, 3.8) is 0 Å². The number of anilines is 1. The molecule has 0 radical (unpaired) electrons. The predicted octanol–water partition coefficient (Wildman–Crippen LogP) is 5.70. The third-order valence-corrected chi connectivity index (χ3v) is 7.84. The van der Waals surface area contributed by atoms with Crippen molar-refractivity contribution < 1.29 is 14.4 Å². The van der Waals surface area contributed by atoms with Gasteiger partial charge in [0, 0.05) is 23.8 Å². The Hall–Kier alpha value is -3.53. The van der Waals surface area contributed by atoms with Crippen LogP contribution >= 0.6 is 0 Å². The van der Waals surface area contributed by atoms with Crippen molar-refractivity contribution in [3.05, 3.63) is 101 Å². The first-order valence-electron chi connectivity index (χ1n) is 12.2. The molecule has 34 heavy (non-hydrogen) atoms. The Bertz CT molecular complexity index is 1210. The smallest absolute Gasteiger partial charge is 0.238 e. The zero-order chi connectivity index (χ0) is 23.6. The fraction of sp³-hybridized carbons (Fsp3) is 0.300. The largest absolute Gasteiger partial charge is 0.294 e. The summed E-state index contributed by atoms with van der Waals surface area (Å²) in [7, 11) is 0. The summed E-state index contributed by atoms with van der Waals surface area (Å²) in [6.45, 7) is 4.20. The summed E-state index contributed by atoms with van der Waals surface area (Å²) >= 11 is 0. The maximum absolute atomic E-state index is 13.8. The van der Waals surface area contributed by atoms with Gasteiger partial charge in [0.15, 0.2) is 5.78 Å². The number of hydrogen-bond acceptors (Lipinski definition) is 3. The molecule has 4 nitrogen and oxygen atoms in total. The number of hydrogen-bond donors (Lipinski definition) is 0. The van der Waals surface area contributed by atoms with Crippen molar-refractivity contribution in [3.8, 4) is 0 Å². The minimum Gasteiger partial charge on any atom is -0.294 e. The fourth-order valence-electron chi connectivity index (χ4n) is 6.29. The van der Waals surface area contributed by atoms with Crippen LogP contribution in [-0.2, 0) is 9.59 Å². The van der Waals surface area contributed by atoms with E-state index < -0.39 is 11.8 Å². The molecule has 2 amide bonds. The Kier molecular flexibility index (Phi) is 4.80. The minimum atomic E-state index is -0.394. The zero-order valence-corrected chi connectivity index (χ0v) is 19.4. The van der Waals surface area contributed by atoms with Gasteiger partial charge in [-0.3, -0.25) is 14.4 Å². The van der Waals surface area contributed by atoms with Crippen LogP contribution in [0.3, 0.4) is 0 Å². The number of nitrogens with zero attached hydrogens (tertiary/aromatic N) is 1. The van der Waals surface area contributed by atoms with Crippen LogP contribution < -0.4 is 4.90 Å². The van der Waals surface area contributed by atoms with Crippen LogP contribution in [0.15, 0.2) is 72.8 Å². The molecular formula is C30H27NO3. The third kappa shape index (κ3) is 2.94. The fourth-order valence-corrected chi connectivity index (χ4v) is 6.29. The summed E-state index contributed by atoms with van der Waals surface area (Å²) in [6.07, 6.45) is 1.35. The van der Waals surface area contributed by atoms with Crippen molar-refractivity contribution in [2.24, 2.45) is 17.8 Å². The molecule has 1 fully saturated rings. The molecule has 0 spiro atoms. The first-order chi connectivity index (χ1) is 16.5. The topological polar surface area (TPSA) is 54.5 Å². The molecular weight excluding hydrogens is 422 g/mol. The molecule has 170 valence electrons. The maximum Gasteiger partial charge on any atom is 0.238 e. The van der Waals surface area contributed by atoms with Gasteiger partial charge in [-0.05, 0) is 58.9 Å². The Balaban J connectivity index is 1.37. The predicted molar refractivity (Wildman–Crippen MR) is 131 cm³/mol. The van der Waals surface area contributed by atoms with E-state index in [-0.39, 0.29) is 29.4 Å². The second-order valence-electron chi connectivity index (χ2n) is 10.2. The molecule has 7 rings (SSSR count). The van der Waals surface area contributed by atoms with E-state index in [4.69, 9.17) is 0 Å². The highest BCUT2D eigenvalue weighted by Crippen LogP contribution is 2.61. The Morgan fingerprint density at radius 1 is 0.735 bits per heavy atom. The minimum absolute atomic E-state index is 0.0944. The van der Waals surface area contributed by atoms with E-state index in [0.29, 0.717) is 23.6 Å². The van der Waals surface area contributed by atoms with Crippen molar-refractivity contribution in [1.82, 2.24) is 0 Å². The molecule has 1 heterocycles. The van der Waals surface area contributed by atoms with Crippen LogP contribution in [0.25, 0.3) is 0 Å². The number of imide groups is 1. The van der Waals surface area contributed by atoms with Gasteiger partial charge in [-0.25, -0.2) is 4.90 Å². The average molecular weight is 450 g/mol. The van der Waals surface area contributed by atoms with Crippen LogP contribution in [-0.4, -0.2) is 17.6 Å². The zero-order valence-electron chi connectivity index (χ0n) is 19.4. The van der Waals surface area contributed by atoms with Gasteiger partial charge in [0.05, 0.1) is 17.5 Å². The van der Waals surface area contributed by atoms with E-state index in [1.54, 1.807) is 24.3 Å². The van der Waals surface area contributed by atoms with Gasteiger partial charge in [-0.15, -0.1) is 0 Å². The molecule has 0 aromatic heterocycles. The molecule has 1 aliphatic heterocycles. The van der Waals surface area contributed by atoms with E-state index in [2.05, 4.69) is 38.1 Å². The second-order valence-corrected chi connectivity index (χ2v) is 10.2. The van der Waals surface area contributed by atoms with Gasteiger partial charge in [0.2, 0.25) is 11.8 Å². The summed E-state index contributed by atoms with van der Waals surface area (Å²) in [5.74, 6) is -0.710. The number of carbonyl (C=O) groups is 3. The molecule has 2 bridgehead atoms. The van der Waals surface area contributed by atoms with E-state index in [1.807, 2.05) is 24.3 Å². The molecule has 0 N–H and O–H groups in total. The lowest BCUT2D eigenvalue weighted by atomic mass is 9.55. The average Bonchev–Trinajstić information content (AvgIpc) is 3.13.